The predicted molar refractivity (Wildman–Crippen MR) is 134 cm³/mol. The summed E-state index contributed by atoms with van der Waals surface area (Å²) in [7, 11) is 1.80. The van der Waals surface area contributed by atoms with Crippen LogP contribution in [0.3, 0.4) is 0 Å². The standard InChI is InChI=1S/C26H33N5O2/c1-17(2)31-23(19-13-8-5-9-14-19)21(18-11-6-4-7-12-18)22(29-3)24(31)26(33)30-20(25(28)32)15-10-16-27/h4-9,11-14,17,20,29H,10,15-16,27H2,1-3H3,(H2,28,32)(H,30,33). The van der Waals surface area contributed by atoms with E-state index in [2.05, 4.69) is 10.6 Å². The Kier molecular flexibility index (Phi) is 7.90. The van der Waals surface area contributed by atoms with Crippen LogP contribution in [0.25, 0.3) is 22.4 Å². The fraction of sp³-hybridized carbons (Fsp3) is 0.308. The molecule has 0 spiro atoms. The minimum atomic E-state index is -0.790. The van der Waals surface area contributed by atoms with Crippen molar-refractivity contribution in [2.24, 2.45) is 11.5 Å². The van der Waals surface area contributed by atoms with E-state index in [-0.39, 0.29) is 11.9 Å². The van der Waals surface area contributed by atoms with Crippen LogP contribution in [0.4, 0.5) is 5.69 Å². The van der Waals surface area contributed by atoms with Crippen LogP contribution in [0.15, 0.2) is 60.7 Å². The first-order chi connectivity index (χ1) is 15.9. The van der Waals surface area contributed by atoms with Crippen LogP contribution in [0.1, 0.15) is 43.2 Å². The van der Waals surface area contributed by atoms with Crippen LogP contribution < -0.4 is 22.1 Å². The minimum absolute atomic E-state index is 0.0263. The van der Waals surface area contributed by atoms with Gasteiger partial charge >= 0.3 is 0 Å². The molecule has 3 aromatic rings. The summed E-state index contributed by atoms with van der Waals surface area (Å²) in [6.07, 6.45) is 0.981. The van der Waals surface area contributed by atoms with Crippen molar-refractivity contribution in [1.29, 1.82) is 0 Å². The molecule has 3 rings (SSSR count). The van der Waals surface area contributed by atoms with Crippen LogP contribution in [0, 0.1) is 0 Å². The Morgan fingerprint density at radius 1 is 0.970 bits per heavy atom. The van der Waals surface area contributed by atoms with E-state index in [4.69, 9.17) is 11.5 Å². The quantitative estimate of drug-likeness (QED) is 0.379. The number of nitrogens with two attached hydrogens (primary N) is 2. The number of hydrogen-bond donors (Lipinski definition) is 4. The van der Waals surface area contributed by atoms with Gasteiger partial charge in [0.2, 0.25) is 5.91 Å². The van der Waals surface area contributed by atoms with Gasteiger partial charge in [0.25, 0.3) is 5.91 Å². The van der Waals surface area contributed by atoms with Crippen LogP contribution in [0.2, 0.25) is 0 Å². The van der Waals surface area contributed by atoms with Crippen LogP contribution >= 0.6 is 0 Å². The summed E-state index contributed by atoms with van der Waals surface area (Å²) in [5, 5.41) is 6.11. The lowest BCUT2D eigenvalue weighted by Gasteiger charge is -2.20. The summed E-state index contributed by atoms with van der Waals surface area (Å²) in [5.74, 6) is -0.926. The fourth-order valence-electron chi connectivity index (χ4n) is 4.17. The van der Waals surface area contributed by atoms with E-state index in [0.717, 1.165) is 22.4 Å². The lowest BCUT2D eigenvalue weighted by atomic mass is 9.99. The Morgan fingerprint density at radius 2 is 1.55 bits per heavy atom. The molecule has 33 heavy (non-hydrogen) atoms. The molecule has 1 atom stereocenters. The van der Waals surface area contributed by atoms with Gasteiger partial charge in [-0.05, 0) is 44.4 Å². The van der Waals surface area contributed by atoms with Gasteiger partial charge in [0.1, 0.15) is 11.7 Å². The number of rotatable bonds is 10. The lowest BCUT2D eigenvalue weighted by Crippen LogP contribution is -2.45. The largest absolute Gasteiger partial charge is 0.386 e. The number of nitrogens with one attached hydrogen (secondary N) is 2. The van der Waals surface area contributed by atoms with Gasteiger partial charge in [-0.2, -0.15) is 0 Å². The van der Waals surface area contributed by atoms with E-state index in [1.165, 1.54) is 0 Å². The summed E-state index contributed by atoms with van der Waals surface area (Å²) >= 11 is 0. The van der Waals surface area contributed by atoms with E-state index < -0.39 is 11.9 Å². The molecule has 1 heterocycles. The van der Waals surface area contributed by atoms with E-state index in [0.29, 0.717) is 30.8 Å². The first-order valence-corrected chi connectivity index (χ1v) is 11.3. The maximum absolute atomic E-state index is 13.6. The monoisotopic (exact) mass is 447 g/mol. The van der Waals surface area contributed by atoms with Gasteiger partial charge in [-0.15, -0.1) is 0 Å². The molecule has 2 amide bonds. The molecule has 0 aliphatic carbocycles. The van der Waals surface area contributed by atoms with Crippen molar-refractivity contribution >= 4 is 17.5 Å². The topological polar surface area (TPSA) is 115 Å². The first-order valence-electron chi connectivity index (χ1n) is 11.3. The van der Waals surface area contributed by atoms with E-state index in [1.807, 2.05) is 79.1 Å². The van der Waals surface area contributed by atoms with Gasteiger partial charge in [-0.3, -0.25) is 9.59 Å². The Labute approximate surface area is 195 Å². The average Bonchev–Trinajstić information content (AvgIpc) is 3.18. The summed E-state index contributed by atoms with van der Waals surface area (Å²) in [6, 6.07) is 19.2. The van der Waals surface area contributed by atoms with Crippen molar-refractivity contribution in [3.8, 4) is 22.4 Å². The Hall–Kier alpha value is -3.58. The van der Waals surface area contributed by atoms with E-state index in [1.54, 1.807) is 7.05 Å². The van der Waals surface area contributed by atoms with Crippen LogP contribution in [-0.4, -0.2) is 36.0 Å². The molecule has 0 fully saturated rings. The normalized spacial score (nSPS) is 11.9. The van der Waals surface area contributed by atoms with Gasteiger partial charge < -0.3 is 26.7 Å². The molecule has 0 aliphatic rings. The summed E-state index contributed by atoms with van der Waals surface area (Å²) in [6.45, 7) is 4.49. The molecular formula is C26H33N5O2. The number of amides is 2. The highest BCUT2D eigenvalue weighted by atomic mass is 16.2. The molecule has 1 unspecified atom stereocenters. The Balaban J connectivity index is 2.27. The molecule has 6 N–H and O–H groups in total. The van der Waals surface area contributed by atoms with Gasteiger partial charge in [0.15, 0.2) is 0 Å². The SMILES string of the molecule is CNc1c(-c2ccccc2)c(-c2ccccc2)n(C(C)C)c1C(=O)NC(CCCN)C(N)=O. The summed E-state index contributed by atoms with van der Waals surface area (Å²) in [4.78, 5) is 25.6. The number of hydrogen-bond acceptors (Lipinski definition) is 4. The van der Waals surface area contributed by atoms with Gasteiger partial charge in [-0.25, -0.2) is 0 Å². The zero-order chi connectivity index (χ0) is 24.0. The number of carbonyl (C=O) groups is 2. The molecule has 7 heteroatoms. The third-order valence-electron chi connectivity index (χ3n) is 5.64. The number of benzene rings is 2. The Morgan fingerprint density at radius 3 is 2.03 bits per heavy atom. The van der Waals surface area contributed by atoms with E-state index >= 15 is 0 Å². The molecule has 0 aliphatic heterocycles. The van der Waals surface area contributed by atoms with E-state index in [9.17, 15) is 9.59 Å². The maximum Gasteiger partial charge on any atom is 0.270 e. The lowest BCUT2D eigenvalue weighted by molar-refractivity contribution is -0.120. The van der Waals surface area contributed by atoms with Crippen molar-refractivity contribution < 1.29 is 9.59 Å². The molecule has 0 saturated heterocycles. The second-order valence-electron chi connectivity index (χ2n) is 8.25. The van der Waals surface area contributed by atoms with Crippen molar-refractivity contribution in [3.63, 3.8) is 0 Å². The fourth-order valence-corrected chi connectivity index (χ4v) is 4.17. The second kappa shape index (κ2) is 10.8. The number of primary amides is 1. The molecule has 7 nitrogen and oxygen atoms in total. The van der Waals surface area contributed by atoms with Crippen LogP contribution in [-0.2, 0) is 4.79 Å². The average molecular weight is 448 g/mol. The predicted octanol–water partition coefficient (Wildman–Crippen LogP) is 3.77. The smallest absolute Gasteiger partial charge is 0.270 e. The maximum atomic E-state index is 13.6. The van der Waals surface area contributed by atoms with Crippen molar-refractivity contribution in [3.05, 3.63) is 66.4 Å². The molecule has 1 aromatic heterocycles. The molecular weight excluding hydrogens is 414 g/mol. The van der Waals surface area contributed by atoms with Crippen molar-refractivity contribution in [1.82, 2.24) is 9.88 Å². The minimum Gasteiger partial charge on any atom is -0.386 e. The van der Waals surface area contributed by atoms with Gasteiger partial charge in [-0.1, -0.05) is 60.7 Å². The molecule has 0 radical (unpaired) electrons. The molecule has 2 aromatic carbocycles. The van der Waals surface area contributed by atoms with Crippen molar-refractivity contribution in [2.75, 3.05) is 18.9 Å². The number of anilines is 1. The summed E-state index contributed by atoms with van der Waals surface area (Å²) < 4.78 is 2.03. The zero-order valence-corrected chi connectivity index (χ0v) is 19.5. The highest BCUT2D eigenvalue weighted by molar-refractivity contribution is 6.07. The highest BCUT2D eigenvalue weighted by Crippen LogP contribution is 2.44. The van der Waals surface area contributed by atoms with Crippen LogP contribution in [0.5, 0.6) is 0 Å². The van der Waals surface area contributed by atoms with Crippen molar-refractivity contribution in [2.45, 2.75) is 38.8 Å². The number of nitrogens with zero attached hydrogens (tertiary/aromatic N) is 1. The number of aromatic nitrogens is 1. The van der Waals surface area contributed by atoms with Gasteiger partial charge in [0.05, 0.1) is 11.4 Å². The second-order valence-corrected chi connectivity index (χ2v) is 8.25. The highest BCUT2D eigenvalue weighted by Gasteiger charge is 2.31. The Bertz CT molecular complexity index is 1090. The first kappa shape index (κ1) is 24.1. The molecule has 0 bridgehead atoms. The summed E-state index contributed by atoms with van der Waals surface area (Å²) in [5.41, 5.74) is 16.2. The van der Waals surface area contributed by atoms with Gasteiger partial charge in [0, 0.05) is 18.7 Å². The molecule has 174 valence electrons. The number of carbonyl (C=O) groups excluding carboxylic acids is 2. The third-order valence-corrected chi connectivity index (χ3v) is 5.64. The molecule has 0 saturated carbocycles. The third kappa shape index (κ3) is 5.09. The zero-order valence-electron chi connectivity index (χ0n) is 19.5.